The predicted octanol–water partition coefficient (Wildman–Crippen LogP) is 2.65. The fourth-order valence-electron chi connectivity index (χ4n) is 1.26. The molecule has 0 spiro atoms. The third-order valence-electron chi connectivity index (χ3n) is 2.25. The Labute approximate surface area is 85.8 Å². The van der Waals surface area contributed by atoms with Gasteiger partial charge in [0.15, 0.2) is 0 Å². The van der Waals surface area contributed by atoms with Crippen LogP contribution in [0.5, 0.6) is 0 Å². The Balaban J connectivity index is 2.96. The van der Waals surface area contributed by atoms with Crippen molar-refractivity contribution in [2.24, 2.45) is 0 Å². The second-order valence-corrected chi connectivity index (χ2v) is 4.44. The standard InChI is InChI=1S/C13H16O/c1-5-12(14)10-6-8-11(9-7-10)13(2,3)4/h1,6-9,12,14H,2-4H3. The number of hydrogen-bond donors (Lipinski definition) is 1. The van der Waals surface area contributed by atoms with Crippen molar-refractivity contribution in [1.82, 2.24) is 0 Å². The van der Waals surface area contributed by atoms with E-state index < -0.39 is 6.10 Å². The molecule has 1 aromatic rings. The van der Waals surface area contributed by atoms with Gasteiger partial charge in [0.2, 0.25) is 0 Å². The summed E-state index contributed by atoms with van der Waals surface area (Å²) >= 11 is 0. The molecule has 1 nitrogen and oxygen atoms in total. The van der Waals surface area contributed by atoms with Crippen molar-refractivity contribution in [3.05, 3.63) is 35.4 Å². The van der Waals surface area contributed by atoms with Crippen molar-refractivity contribution in [2.75, 3.05) is 0 Å². The monoisotopic (exact) mass is 188 g/mol. The Morgan fingerprint density at radius 3 is 2.07 bits per heavy atom. The highest BCUT2D eigenvalue weighted by Gasteiger charge is 2.13. The highest BCUT2D eigenvalue weighted by Crippen LogP contribution is 2.23. The Kier molecular flexibility index (Phi) is 2.98. The molecule has 1 unspecified atom stereocenters. The summed E-state index contributed by atoms with van der Waals surface area (Å²) in [4.78, 5) is 0. The Morgan fingerprint density at radius 2 is 1.71 bits per heavy atom. The second-order valence-electron chi connectivity index (χ2n) is 4.44. The molecule has 1 aromatic carbocycles. The highest BCUT2D eigenvalue weighted by molar-refractivity contribution is 5.30. The highest BCUT2D eigenvalue weighted by atomic mass is 16.3. The first-order chi connectivity index (χ1) is 6.45. The number of aliphatic hydroxyl groups excluding tert-OH is 1. The molecular weight excluding hydrogens is 172 g/mol. The summed E-state index contributed by atoms with van der Waals surface area (Å²) in [5.41, 5.74) is 2.16. The largest absolute Gasteiger partial charge is 0.376 e. The molecule has 0 aliphatic carbocycles. The lowest BCUT2D eigenvalue weighted by atomic mass is 9.86. The van der Waals surface area contributed by atoms with Crippen LogP contribution in [0, 0.1) is 12.3 Å². The van der Waals surface area contributed by atoms with E-state index in [4.69, 9.17) is 6.42 Å². The summed E-state index contributed by atoms with van der Waals surface area (Å²) in [5, 5.41) is 9.39. The fraction of sp³-hybridized carbons (Fsp3) is 0.385. The van der Waals surface area contributed by atoms with Gasteiger partial charge in [-0.25, -0.2) is 0 Å². The van der Waals surface area contributed by atoms with Gasteiger partial charge in [-0.15, -0.1) is 6.42 Å². The van der Waals surface area contributed by atoms with E-state index in [0.717, 1.165) is 5.56 Å². The number of rotatable bonds is 1. The maximum atomic E-state index is 9.39. The summed E-state index contributed by atoms with van der Waals surface area (Å²) < 4.78 is 0. The summed E-state index contributed by atoms with van der Waals surface area (Å²) in [5.74, 6) is 2.29. The van der Waals surface area contributed by atoms with Crippen LogP contribution in [-0.4, -0.2) is 5.11 Å². The van der Waals surface area contributed by atoms with E-state index in [9.17, 15) is 5.11 Å². The average Bonchev–Trinajstić information content (AvgIpc) is 2.15. The molecule has 0 bridgehead atoms. The topological polar surface area (TPSA) is 20.2 Å². The van der Waals surface area contributed by atoms with Gasteiger partial charge in [0.05, 0.1) is 0 Å². The zero-order chi connectivity index (χ0) is 10.8. The SMILES string of the molecule is C#CC(O)c1ccc(C(C)(C)C)cc1. The smallest absolute Gasteiger partial charge is 0.139 e. The quantitative estimate of drug-likeness (QED) is 0.672. The minimum Gasteiger partial charge on any atom is -0.376 e. The molecule has 0 heterocycles. The summed E-state index contributed by atoms with van der Waals surface area (Å²) in [6.07, 6.45) is 4.34. The first-order valence-electron chi connectivity index (χ1n) is 4.70. The van der Waals surface area contributed by atoms with Crippen LogP contribution in [0.3, 0.4) is 0 Å². The molecule has 0 aromatic heterocycles. The van der Waals surface area contributed by atoms with Crippen LogP contribution in [0.1, 0.15) is 38.0 Å². The van der Waals surface area contributed by atoms with Crippen LogP contribution < -0.4 is 0 Å². The second kappa shape index (κ2) is 3.86. The molecule has 1 heteroatoms. The van der Waals surface area contributed by atoms with Gasteiger partial charge >= 0.3 is 0 Å². The first kappa shape index (κ1) is 10.8. The van der Waals surface area contributed by atoms with E-state index in [1.807, 2.05) is 24.3 Å². The fourth-order valence-corrected chi connectivity index (χ4v) is 1.26. The van der Waals surface area contributed by atoms with Crippen molar-refractivity contribution >= 4 is 0 Å². The van der Waals surface area contributed by atoms with Gasteiger partial charge in [-0.3, -0.25) is 0 Å². The Hall–Kier alpha value is -1.26. The normalized spacial score (nSPS) is 13.4. The van der Waals surface area contributed by atoms with Crippen molar-refractivity contribution in [3.63, 3.8) is 0 Å². The lowest BCUT2D eigenvalue weighted by molar-refractivity contribution is 0.238. The first-order valence-corrected chi connectivity index (χ1v) is 4.70. The van der Waals surface area contributed by atoms with Crippen LogP contribution in [-0.2, 0) is 5.41 Å². The van der Waals surface area contributed by atoms with Gasteiger partial charge in [0.1, 0.15) is 6.10 Å². The molecule has 1 rings (SSSR count). The van der Waals surface area contributed by atoms with Crippen LogP contribution >= 0.6 is 0 Å². The molecule has 0 aliphatic heterocycles. The predicted molar refractivity (Wildman–Crippen MR) is 58.9 cm³/mol. The van der Waals surface area contributed by atoms with E-state index in [0.29, 0.717) is 0 Å². The van der Waals surface area contributed by atoms with Gasteiger partial charge in [0, 0.05) is 0 Å². The van der Waals surface area contributed by atoms with Gasteiger partial charge < -0.3 is 5.11 Å². The molecule has 1 N–H and O–H groups in total. The van der Waals surface area contributed by atoms with E-state index in [-0.39, 0.29) is 5.41 Å². The molecule has 0 saturated heterocycles. The minimum absolute atomic E-state index is 0.139. The van der Waals surface area contributed by atoms with E-state index in [1.165, 1.54) is 5.56 Å². The lowest BCUT2D eigenvalue weighted by Crippen LogP contribution is -2.10. The van der Waals surface area contributed by atoms with E-state index >= 15 is 0 Å². The van der Waals surface area contributed by atoms with Crippen LogP contribution in [0.25, 0.3) is 0 Å². The molecule has 0 aliphatic rings. The Bertz CT molecular complexity index is 335. The molecule has 0 saturated carbocycles. The maximum absolute atomic E-state index is 9.39. The molecule has 14 heavy (non-hydrogen) atoms. The summed E-state index contributed by atoms with van der Waals surface area (Å²) in [6.45, 7) is 6.46. The van der Waals surface area contributed by atoms with Gasteiger partial charge in [0.25, 0.3) is 0 Å². The lowest BCUT2D eigenvalue weighted by Gasteiger charge is -2.19. The van der Waals surface area contributed by atoms with Crippen molar-refractivity contribution in [1.29, 1.82) is 0 Å². The van der Waals surface area contributed by atoms with Gasteiger partial charge in [-0.05, 0) is 16.5 Å². The van der Waals surface area contributed by atoms with Crippen molar-refractivity contribution in [2.45, 2.75) is 32.3 Å². The van der Waals surface area contributed by atoms with E-state index in [2.05, 4.69) is 26.7 Å². The average molecular weight is 188 g/mol. The number of aliphatic hydroxyl groups is 1. The molecule has 0 amide bonds. The zero-order valence-electron chi connectivity index (χ0n) is 8.91. The number of hydrogen-bond acceptors (Lipinski definition) is 1. The molecule has 0 radical (unpaired) electrons. The van der Waals surface area contributed by atoms with Gasteiger partial charge in [-0.1, -0.05) is 51.0 Å². The van der Waals surface area contributed by atoms with Crippen molar-refractivity contribution < 1.29 is 5.11 Å². The Morgan fingerprint density at radius 1 is 1.21 bits per heavy atom. The third-order valence-corrected chi connectivity index (χ3v) is 2.25. The summed E-state index contributed by atoms with van der Waals surface area (Å²) in [6, 6.07) is 7.78. The van der Waals surface area contributed by atoms with Crippen LogP contribution in [0.4, 0.5) is 0 Å². The van der Waals surface area contributed by atoms with Gasteiger partial charge in [-0.2, -0.15) is 0 Å². The molecule has 1 atom stereocenters. The minimum atomic E-state index is -0.788. The van der Waals surface area contributed by atoms with Crippen molar-refractivity contribution in [3.8, 4) is 12.3 Å². The molecule has 0 fully saturated rings. The third kappa shape index (κ3) is 2.37. The van der Waals surface area contributed by atoms with Crippen LogP contribution in [0.2, 0.25) is 0 Å². The van der Waals surface area contributed by atoms with Crippen LogP contribution in [0.15, 0.2) is 24.3 Å². The zero-order valence-corrected chi connectivity index (χ0v) is 8.91. The number of terminal acetylenes is 1. The maximum Gasteiger partial charge on any atom is 0.139 e. The molecular formula is C13H16O. The molecule has 74 valence electrons. The summed E-state index contributed by atoms with van der Waals surface area (Å²) in [7, 11) is 0. The number of benzene rings is 1. The van der Waals surface area contributed by atoms with E-state index in [1.54, 1.807) is 0 Å².